The number of nitrogens with zero attached hydrogens (tertiary/aromatic N) is 2. The van der Waals surface area contributed by atoms with Crippen molar-refractivity contribution < 1.29 is 9.59 Å². The van der Waals surface area contributed by atoms with Crippen molar-refractivity contribution in [2.24, 2.45) is 0 Å². The summed E-state index contributed by atoms with van der Waals surface area (Å²) in [5.41, 5.74) is 2.35. The summed E-state index contributed by atoms with van der Waals surface area (Å²) in [7, 11) is 0. The molecule has 1 N–H and O–H groups in total. The minimum atomic E-state index is -0.135. The van der Waals surface area contributed by atoms with Crippen LogP contribution in [0.1, 0.15) is 18.9 Å². The molecule has 1 unspecified atom stereocenters. The zero-order valence-corrected chi connectivity index (χ0v) is 12.3. The summed E-state index contributed by atoms with van der Waals surface area (Å²) in [6.45, 7) is 4.14. The minimum Gasteiger partial charge on any atom is -0.373 e. The van der Waals surface area contributed by atoms with Crippen LogP contribution < -0.4 is 5.32 Å². The van der Waals surface area contributed by atoms with E-state index in [2.05, 4.69) is 11.4 Å². The molecule has 0 saturated carbocycles. The fraction of sp³-hybridized carbons (Fsp3) is 0.500. The summed E-state index contributed by atoms with van der Waals surface area (Å²) in [4.78, 5) is 27.6. The van der Waals surface area contributed by atoms with E-state index in [9.17, 15) is 9.59 Å². The molecule has 2 aliphatic heterocycles. The van der Waals surface area contributed by atoms with E-state index in [0.29, 0.717) is 26.2 Å². The molecule has 112 valence electrons. The highest BCUT2D eigenvalue weighted by Crippen LogP contribution is 2.25. The summed E-state index contributed by atoms with van der Waals surface area (Å²) in [6.07, 6.45) is 1.77. The van der Waals surface area contributed by atoms with Gasteiger partial charge >= 0.3 is 0 Å². The van der Waals surface area contributed by atoms with Crippen LogP contribution in [0.2, 0.25) is 0 Å². The Kier molecular flexibility index (Phi) is 3.82. The lowest BCUT2D eigenvalue weighted by molar-refractivity contribution is -0.139. The SMILES string of the molecule is CC(=O)N1CCN(C(=O)C2CCc3ccccc3N2)CC1. The third-order valence-electron chi connectivity index (χ3n) is 4.38. The zero-order chi connectivity index (χ0) is 14.8. The lowest BCUT2D eigenvalue weighted by atomic mass is 9.97. The highest BCUT2D eigenvalue weighted by molar-refractivity contribution is 5.86. The summed E-state index contributed by atoms with van der Waals surface area (Å²) >= 11 is 0. The van der Waals surface area contributed by atoms with Crippen molar-refractivity contribution in [2.45, 2.75) is 25.8 Å². The molecule has 5 nitrogen and oxygen atoms in total. The molecule has 0 spiro atoms. The van der Waals surface area contributed by atoms with Gasteiger partial charge in [-0.25, -0.2) is 0 Å². The van der Waals surface area contributed by atoms with Crippen LogP contribution >= 0.6 is 0 Å². The Balaban J connectivity index is 1.61. The number of piperazine rings is 1. The summed E-state index contributed by atoms with van der Waals surface area (Å²) in [5, 5.41) is 3.36. The van der Waals surface area contributed by atoms with Crippen LogP contribution in [0, 0.1) is 0 Å². The van der Waals surface area contributed by atoms with E-state index >= 15 is 0 Å². The van der Waals surface area contributed by atoms with Crippen LogP contribution in [0.15, 0.2) is 24.3 Å². The van der Waals surface area contributed by atoms with Crippen LogP contribution in [-0.4, -0.2) is 53.8 Å². The van der Waals surface area contributed by atoms with Gasteiger partial charge in [-0.3, -0.25) is 9.59 Å². The first-order chi connectivity index (χ1) is 10.1. The van der Waals surface area contributed by atoms with Crippen molar-refractivity contribution in [3.63, 3.8) is 0 Å². The summed E-state index contributed by atoms with van der Waals surface area (Å²) in [5.74, 6) is 0.250. The van der Waals surface area contributed by atoms with Crippen LogP contribution in [0.4, 0.5) is 5.69 Å². The lowest BCUT2D eigenvalue weighted by Gasteiger charge is -2.37. The average molecular weight is 287 g/mol. The van der Waals surface area contributed by atoms with E-state index in [-0.39, 0.29) is 17.9 Å². The van der Waals surface area contributed by atoms with E-state index < -0.39 is 0 Å². The Hall–Kier alpha value is -2.04. The van der Waals surface area contributed by atoms with Gasteiger partial charge < -0.3 is 15.1 Å². The maximum atomic E-state index is 12.6. The standard InChI is InChI=1S/C16H21N3O2/c1-12(20)18-8-10-19(11-9-18)16(21)15-7-6-13-4-2-3-5-14(13)17-15/h2-5,15,17H,6-11H2,1H3. The maximum absolute atomic E-state index is 12.6. The van der Waals surface area contributed by atoms with Crippen LogP contribution in [0.25, 0.3) is 0 Å². The molecule has 0 radical (unpaired) electrons. The molecule has 3 rings (SSSR count). The van der Waals surface area contributed by atoms with E-state index in [1.165, 1.54) is 5.56 Å². The molecule has 1 aromatic rings. The van der Waals surface area contributed by atoms with E-state index in [1.807, 2.05) is 23.1 Å². The summed E-state index contributed by atoms with van der Waals surface area (Å²) < 4.78 is 0. The van der Waals surface area contributed by atoms with E-state index in [4.69, 9.17) is 0 Å². The molecule has 2 heterocycles. The molecule has 5 heteroatoms. The predicted octanol–water partition coefficient (Wildman–Crippen LogP) is 1.10. The second-order valence-electron chi connectivity index (χ2n) is 5.72. The van der Waals surface area contributed by atoms with Gasteiger partial charge in [-0.1, -0.05) is 18.2 Å². The molecule has 2 amide bonds. The largest absolute Gasteiger partial charge is 0.373 e. The Labute approximate surface area is 124 Å². The molecule has 0 bridgehead atoms. The van der Waals surface area contributed by atoms with Crippen molar-refractivity contribution in [1.82, 2.24) is 9.80 Å². The van der Waals surface area contributed by atoms with Gasteiger partial charge in [0.2, 0.25) is 11.8 Å². The first kappa shape index (κ1) is 13.9. The monoisotopic (exact) mass is 287 g/mol. The fourth-order valence-corrected chi connectivity index (χ4v) is 3.09. The van der Waals surface area contributed by atoms with Crippen molar-refractivity contribution >= 4 is 17.5 Å². The van der Waals surface area contributed by atoms with Crippen LogP contribution in [0.5, 0.6) is 0 Å². The highest BCUT2D eigenvalue weighted by Gasteiger charge is 2.30. The molecular formula is C16H21N3O2. The number of anilines is 1. The van der Waals surface area contributed by atoms with Gasteiger partial charge in [-0.05, 0) is 24.5 Å². The van der Waals surface area contributed by atoms with Gasteiger partial charge in [0.15, 0.2) is 0 Å². The van der Waals surface area contributed by atoms with Gasteiger partial charge in [0, 0.05) is 38.8 Å². The average Bonchev–Trinajstić information content (AvgIpc) is 2.54. The van der Waals surface area contributed by atoms with Gasteiger partial charge in [0.25, 0.3) is 0 Å². The first-order valence-electron chi connectivity index (χ1n) is 7.54. The molecule has 1 fully saturated rings. The molecule has 0 aliphatic carbocycles. The second-order valence-corrected chi connectivity index (χ2v) is 5.72. The lowest BCUT2D eigenvalue weighted by Crippen LogP contribution is -2.54. The first-order valence-corrected chi connectivity index (χ1v) is 7.54. The maximum Gasteiger partial charge on any atom is 0.245 e. The molecule has 2 aliphatic rings. The third kappa shape index (κ3) is 2.86. The molecule has 0 aromatic heterocycles. The van der Waals surface area contributed by atoms with Gasteiger partial charge in [-0.15, -0.1) is 0 Å². The fourth-order valence-electron chi connectivity index (χ4n) is 3.09. The minimum absolute atomic E-state index is 0.0896. The van der Waals surface area contributed by atoms with Crippen LogP contribution in [-0.2, 0) is 16.0 Å². The highest BCUT2D eigenvalue weighted by atomic mass is 16.2. The number of carbonyl (C=O) groups excluding carboxylic acids is 2. The Morgan fingerprint density at radius 2 is 1.76 bits per heavy atom. The van der Waals surface area contributed by atoms with Gasteiger partial charge in [0.05, 0.1) is 0 Å². The van der Waals surface area contributed by atoms with Crippen LogP contribution in [0.3, 0.4) is 0 Å². The van der Waals surface area contributed by atoms with Crippen molar-refractivity contribution in [2.75, 3.05) is 31.5 Å². The molecule has 1 saturated heterocycles. The summed E-state index contributed by atoms with van der Waals surface area (Å²) in [6, 6.07) is 8.02. The second kappa shape index (κ2) is 5.76. The number of fused-ring (bicyclic) bond motifs is 1. The normalized spacial score (nSPS) is 21.5. The predicted molar refractivity (Wildman–Crippen MR) is 81.0 cm³/mol. The molecule has 1 atom stereocenters. The van der Waals surface area contributed by atoms with Gasteiger partial charge in [-0.2, -0.15) is 0 Å². The number of carbonyl (C=O) groups is 2. The van der Waals surface area contributed by atoms with Crippen molar-refractivity contribution in [3.8, 4) is 0 Å². The number of rotatable bonds is 1. The number of para-hydroxylation sites is 1. The Morgan fingerprint density at radius 1 is 1.10 bits per heavy atom. The van der Waals surface area contributed by atoms with E-state index in [1.54, 1.807) is 11.8 Å². The number of nitrogens with one attached hydrogen (secondary N) is 1. The molecular weight excluding hydrogens is 266 g/mol. The number of benzene rings is 1. The number of hydrogen-bond acceptors (Lipinski definition) is 3. The third-order valence-corrected chi connectivity index (χ3v) is 4.38. The topological polar surface area (TPSA) is 52.7 Å². The smallest absolute Gasteiger partial charge is 0.245 e. The zero-order valence-electron chi connectivity index (χ0n) is 12.3. The molecule has 1 aromatic carbocycles. The van der Waals surface area contributed by atoms with E-state index in [0.717, 1.165) is 18.5 Å². The number of hydrogen-bond donors (Lipinski definition) is 1. The Morgan fingerprint density at radius 3 is 2.48 bits per heavy atom. The van der Waals surface area contributed by atoms with Crippen molar-refractivity contribution in [1.29, 1.82) is 0 Å². The number of amides is 2. The van der Waals surface area contributed by atoms with Crippen molar-refractivity contribution in [3.05, 3.63) is 29.8 Å². The Bertz CT molecular complexity index is 550. The molecule has 21 heavy (non-hydrogen) atoms. The quantitative estimate of drug-likeness (QED) is 0.841. The number of aryl methyl sites for hydroxylation is 1. The van der Waals surface area contributed by atoms with Gasteiger partial charge in [0.1, 0.15) is 6.04 Å².